The van der Waals surface area contributed by atoms with Gasteiger partial charge in [0.25, 0.3) is 0 Å². The summed E-state index contributed by atoms with van der Waals surface area (Å²) in [5, 5.41) is 7.73. The first-order valence-corrected chi connectivity index (χ1v) is 9.32. The van der Waals surface area contributed by atoms with Crippen molar-refractivity contribution < 1.29 is 17.6 Å². The van der Waals surface area contributed by atoms with Crippen molar-refractivity contribution in [2.45, 2.75) is 18.2 Å². The molecule has 0 bridgehead atoms. The van der Waals surface area contributed by atoms with Gasteiger partial charge in [0.2, 0.25) is 21.8 Å². The fraction of sp³-hybridized carbons (Fsp3) is 0.111. The number of hydrogen-bond donors (Lipinski definition) is 2. The molecular weight excluding hydrogens is 354 g/mol. The Balaban J connectivity index is 1.74. The third kappa shape index (κ3) is 4.16. The number of carbonyl (C=O) groups is 1. The second kappa shape index (κ2) is 7.11. The van der Waals surface area contributed by atoms with E-state index in [4.69, 9.17) is 9.56 Å². The van der Waals surface area contributed by atoms with Crippen LogP contribution in [0.5, 0.6) is 0 Å². The molecular formula is C18H17N3O4S. The number of anilines is 1. The van der Waals surface area contributed by atoms with Crippen LogP contribution in [0, 0.1) is 6.92 Å². The van der Waals surface area contributed by atoms with Crippen LogP contribution >= 0.6 is 0 Å². The molecule has 0 fully saturated rings. The molecule has 2 aromatic carbocycles. The van der Waals surface area contributed by atoms with Crippen LogP contribution in [-0.2, 0) is 21.2 Å². The number of oxazole rings is 1. The molecule has 0 radical (unpaired) electrons. The van der Waals surface area contributed by atoms with E-state index in [9.17, 15) is 13.2 Å². The Morgan fingerprint density at radius 3 is 2.58 bits per heavy atom. The zero-order chi connectivity index (χ0) is 18.7. The quantitative estimate of drug-likeness (QED) is 0.715. The van der Waals surface area contributed by atoms with Gasteiger partial charge in [-0.1, -0.05) is 24.3 Å². The number of aryl methyl sites for hydroxylation is 1. The van der Waals surface area contributed by atoms with Crippen molar-refractivity contribution in [3.63, 3.8) is 0 Å². The molecule has 0 atom stereocenters. The largest absolute Gasteiger partial charge is 0.441 e. The minimum Gasteiger partial charge on any atom is -0.441 e. The summed E-state index contributed by atoms with van der Waals surface area (Å²) in [5.41, 5.74) is 1.68. The fourth-order valence-electron chi connectivity index (χ4n) is 2.40. The lowest BCUT2D eigenvalue weighted by Gasteiger charge is -2.06. The molecule has 0 spiro atoms. The van der Waals surface area contributed by atoms with Crippen molar-refractivity contribution >= 4 is 21.6 Å². The third-order valence-electron chi connectivity index (χ3n) is 3.69. The smallest absolute Gasteiger partial charge is 0.238 e. The molecule has 0 saturated carbocycles. The van der Waals surface area contributed by atoms with Gasteiger partial charge in [-0.15, -0.1) is 0 Å². The number of nitrogens with two attached hydrogens (primary N) is 1. The molecule has 26 heavy (non-hydrogen) atoms. The first-order chi connectivity index (χ1) is 12.3. The minimum atomic E-state index is -3.83. The minimum absolute atomic E-state index is 0.00176. The SMILES string of the molecule is Cc1oc(-c2ccccc2)nc1CC(=O)Nc1cccc(S(N)(=O)=O)c1. The number of amides is 1. The summed E-state index contributed by atoms with van der Waals surface area (Å²) in [5.74, 6) is 0.659. The highest BCUT2D eigenvalue weighted by Gasteiger charge is 2.15. The zero-order valence-electron chi connectivity index (χ0n) is 14.0. The maximum absolute atomic E-state index is 12.3. The van der Waals surface area contributed by atoms with E-state index in [0.717, 1.165) is 5.56 Å². The maximum Gasteiger partial charge on any atom is 0.238 e. The molecule has 0 saturated heterocycles. The molecule has 3 rings (SSSR count). The van der Waals surface area contributed by atoms with Gasteiger partial charge in [0.05, 0.1) is 17.0 Å². The van der Waals surface area contributed by atoms with Crippen LogP contribution in [0.4, 0.5) is 5.69 Å². The number of hydrogen-bond acceptors (Lipinski definition) is 5. The highest BCUT2D eigenvalue weighted by atomic mass is 32.2. The molecule has 8 heteroatoms. The Labute approximate surface area is 150 Å². The molecule has 3 N–H and O–H groups in total. The van der Waals surface area contributed by atoms with Gasteiger partial charge in [0.1, 0.15) is 5.76 Å². The molecule has 1 aromatic heterocycles. The topological polar surface area (TPSA) is 115 Å². The molecule has 0 aliphatic carbocycles. The predicted molar refractivity (Wildman–Crippen MR) is 96.8 cm³/mol. The van der Waals surface area contributed by atoms with Crippen molar-refractivity contribution in [3.8, 4) is 11.5 Å². The maximum atomic E-state index is 12.3. The van der Waals surface area contributed by atoms with Crippen molar-refractivity contribution in [2.24, 2.45) is 5.14 Å². The molecule has 134 valence electrons. The van der Waals surface area contributed by atoms with Gasteiger partial charge in [-0.25, -0.2) is 18.5 Å². The number of rotatable bonds is 5. The van der Waals surface area contributed by atoms with E-state index >= 15 is 0 Å². The molecule has 1 heterocycles. The highest BCUT2D eigenvalue weighted by Crippen LogP contribution is 2.22. The van der Waals surface area contributed by atoms with Crippen LogP contribution in [0.3, 0.4) is 0 Å². The van der Waals surface area contributed by atoms with Crippen LogP contribution in [0.2, 0.25) is 0 Å². The van der Waals surface area contributed by atoms with E-state index in [1.165, 1.54) is 18.2 Å². The van der Waals surface area contributed by atoms with E-state index < -0.39 is 10.0 Å². The fourth-order valence-corrected chi connectivity index (χ4v) is 2.96. The van der Waals surface area contributed by atoms with Crippen molar-refractivity contribution in [1.29, 1.82) is 0 Å². The average Bonchev–Trinajstić information content (AvgIpc) is 2.96. The summed E-state index contributed by atoms with van der Waals surface area (Å²) in [6.45, 7) is 1.74. The van der Waals surface area contributed by atoms with Gasteiger partial charge >= 0.3 is 0 Å². The third-order valence-corrected chi connectivity index (χ3v) is 4.60. The van der Waals surface area contributed by atoms with Gasteiger partial charge < -0.3 is 9.73 Å². The summed E-state index contributed by atoms with van der Waals surface area (Å²) < 4.78 is 28.4. The number of benzene rings is 2. The monoisotopic (exact) mass is 371 g/mol. The highest BCUT2D eigenvalue weighted by molar-refractivity contribution is 7.89. The van der Waals surface area contributed by atoms with E-state index in [1.807, 2.05) is 30.3 Å². The number of aromatic nitrogens is 1. The number of nitrogens with one attached hydrogen (secondary N) is 1. The van der Waals surface area contributed by atoms with Gasteiger partial charge in [0, 0.05) is 11.3 Å². The van der Waals surface area contributed by atoms with Crippen LogP contribution in [0.15, 0.2) is 63.9 Å². The lowest BCUT2D eigenvalue weighted by Crippen LogP contribution is -2.16. The number of carbonyl (C=O) groups excluding carboxylic acids is 1. The van der Waals surface area contributed by atoms with Gasteiger partial charge in [-0.3, -0.25) is 4.79 Å². The summed E-state index contributed by atoms with van der Waals surface area (Å²) in [4.78, 5) is 16.6. The van der Waals surface area contributed by atoms with Crippen molar-refractivity contribution in [2.75, 3.05) is 5.32 Å². The standard InChI is InChI=1S/C18H17N3O4S/c1-12-16(21-18(25-12)13-6-3-2-4-7-13)11-17(22)20-14-8-5-9-15(10-14)26(19,23)24/h2-10H,11H2,1H3,(H,20,22)(H2,19,23,24). The van der Waals surface area contributed by atoms with Gasteiger partial charge in [-0.05, 0) is 37.3 Å². The van der Waals surface area contributed by atoms with E-state index in [-0.39, 0.29) is 17.2 Å². The van der Waals surface area contributed by atoms with Crippen LogP contribution in [-0.4, -0.2) is 19.3 Å². The van der Waals surface area contributed by atoms with E-state index in [2.05, 4.69) is 10.3 Å². The molecule has 0 aliphatic rings. The van der Waals surface area contributed by atoms with Crippen molar-refractivity contribution in [3.05, 3.63) is 66.1 Å². The van der Waals surface area contributed by atoms with E-state index in [1.54, 1.807) is 13.0 Å². The first-order valence-electron chi connectivity index (χ1n) is 7.77. The Bertz CT molecular complexity index is 1040. The normalized spacial score (nSPS) is 11.3. The van der Waals surface area contributed by atoms with Crippen LogP contribution in [0.25, 0.3) is 11.5 Å². The number of sulfonamides is 1. The zero-order valence-corrected chi connectivity index (χ0v) is 14.8. The van der Waals surface area contributed by atoms with Crippen molar-refractivity contribution in [1.82, 2.24) is 4.98 Å². The molecule has 1 amide bonds. The van der Waals surface area contributed by atoms with Crippen LogP contribution in [0.1, 0.15) is 11.5 Å². The molecule has 0 aliphatic heterocycles. The number of primary sulfonamides is 1. The summed E-state index contributed by atoms with van der Waals surface area (Å²) in [7, 11) is -3.83. The Hall–Kier alpha value is -2.97. The lowest BCUT2D eigenvalue weighted by atomic mass is 10.2. The lowest BCUT2D eigenvalue weighted by molar-refractivity contribution is -0.115. The molecule has 3 aromatic rings. The van der Waals surface area contributed by atoms with E-state index in [0.29, 0.717) is 23.0 Å². The first kappa shape index (κ1) is 17.8. The average molecular weight is 371 g/mol. The summed E-state index contributed by atoms with van der Waals surface area (Å²) in [6, 6.07) is 15.1. The predicted octanol–water partition coefficient (Wildman–Crippen LogP) is 2.48. The number of nitrogens with zero attached hydrogens (tertiary/aromatic N) is 1. The summed E-state index contributed by atoms with van der Waals surface area (Å²) in [6.07, 6.45) is 0.00176. The Kier molecular flexibility index (Phi) is 4.88. The van der Waals surface area contributed by atoms with Gasteiger partial charge in [0.15, 0.2) is 0 Å². The summed E-state index contributed by atoms with van der Waals surface area (Å²) >= 11 is 0. The molecule has 0 unspecified atom stereocenters. The second-order valence-corrected chi connectivity index (χ2v) is 7.25. The Morgan fingerprint density at radius 1 is 1.15 bits per heavy atom. The Morgan fingerprint density at radius 2 is 1.88 bits per heavy atom. The van der Waals surface area contributed by atoms with Gasteiger partial charge in [-0.2, -0.15) is 0 Å². The molecule has 7 nitrogen and oxygen atoms in total. The van der Waals surface area contributed by atoms with Crippen LogP contribution < -0.4 is 10.5 Å². The second-order valence-electron chi connectivity index (χ2n) is 5.69.